The monoisotopic (exact) mass is 237 g/mol. The van der Waals surface area contributed by atoms with E-state index >= 15 is 0 Å². The fraction of sp³-hybridized carbons (Fsp3) is 0.545. The third-order valence-corrected chi connectivity index (χ3v) is 3.05. The van der Waals surface area contributed by atoms with Gasteiger partial charge in [-0.25, -0.2) is 0 Å². The Bertz CT molecular complexity index is 397. The van der Waals surface area contributed by atoms with Gasteiger partial charge in [0.1, 0.15) is 0 Å². The smallest absolute Gasteiger partial charge is 0.255 e. The second-order valence-electron chi connectivity index (χ2n) is 4.22. The number of piperazine rings is 1. The van der Waals surface area contributed by atoms with Gasteiger partial charge < -0.3 is 10.2 Å². The van der Waals surface area contributed by atoms with Crippen LogP contribution in [-0.4, -0.2) is 48.8 Å². The number of carbonyl (C=O) groups is 3. The second kappa shape index (κ2) is 4.67. The lowest BCUT2D eigenvalue weighted by Crippen LogP contribution is -2.48. The van der Waals surface area contributed by atoms with E-state index in [1.807, 2.05) is 0 Å². The molecule has 0 aromatic heterocycles. The van der Waals surface area contributed by atoms with Gasteiger partial charge in [0.05, 0.1) is 5.92 Å². The Hall–Kier alpha value is -1.69. The van der Waals surface area contributed by atoms with E-state index in [9.17, 15) is 14.4 Å². The van der Waals surface area contributed by atoms with Crippen LogP contribution in [0.2, 0.25) is 0 Å². The summed E-state index contributed by atoms with van der Waals surface area (Å²) in [5, 5.41) is 5.30. The summed E-state index contributed by atoms with van der Waals surface area (Å²) in [5.41, 5.74) is 0.263. The minimum atomic E-state index is -0.556. The van der Waals surface area contributed by atoms with E-state index in [2.05, 4.69) is 10.6 Å². The van der Waals surface area contributed by atoms with Crippen molar-refractivity contribution in [3.05, 3.63) is 11.6 Å². The summed E-state index contributed by atoms with van der Waals surface area (Å²) in [6.45, 7) is 4.48. The number of rotatable bonds is 2. The number of imide groups is 1. The minimum absolute atomic E-state index is 0.0948. The maximum Gasteiger partial charge on any atom is 0.255 e. The van der Waals surface area contributed by atoms with E-state index in [0.717, 1.165) is 13.1 Å². The van der Waals surface area contributed by atoms with Crippen LogP contribution < -0.4 is 10.6 Å². The van der Waals surface area contributed by atoms with Crippen molar-refractivity contribution >= 4 is 17.7 Å². The van der Waals surface area contributed by atoms with Crippen molar-refractivity contribution in [1.29, 1.82) is 0 Å². The van der Waals surface area contributed by atoms with Gasteiger partial charge in [0.2, 0.25) is 5.91 Å². The molecule has 1 unspecified atom stereocenters. The molecule has 2 N–H and O–H groups in total. The van der Waals surface area contributed by atoms with Crippen LogP contribution >= 0.6 is 0 Å². The van der Waals surface area contributed by atoms with Crippen LogP contribution in [0.3, 0.4) is 0 Å². The van der Waals surface area contributed by atoms with Gasteiger partial charge >= 0.3 is 0 Å². The first-order chi connectivity index (χ1) is 8.09. The molecule has 2 aliphatic heterocycles. The summed E-state index contributed by atoms with van der Waals surface area (Å²) in [5.74, 6) is -1.54. The summed E-state index contributed by atoms with van der Waals surface area (Å²) in [4.78, 5) is 36.3. The topological polar surface area (TPSA) is 78.5 Å². The van der Waals surface area contributed by atoms with Crippen LogP contribution in [-0.2, 0) is 14.4 Å². The number of hydrogen-bond donors (Lipinski definition) is 2. The first-order valence-corrected chi connectivity index (χ1v) is 5.66. The molecule has 92 valence electrons. The highest BCUT2D eigenvalue weighted by Gasteiger charge is 2.32. The molecule has 2 heterocycles. The first kappa shape index (κ1) is 11.8. The lowest BCUT2D eigenvalue weighted by Gasteiger charge is -2.29. The number of amides is 3. The third-order valence-electron chi connectivity index (χ3n) is 3.05. The van der Waals surface area contributed by atoms with Crippen molar-refractivity contribution in [2.75, 3.05) is 26.2 Å². The Kier molecular flexibility index (Phi) is 3.23. The molecular weight excluding hydrogens is 222 g/mol. The van der Waals surface area contributed by atoms with E-state index in [-0.39, 0.29) is 11.5 Å². The van der Waals surface area contributed by atoms with E-state index in [1.165, 1.54) is 6.08 Å². The molecule has 6 nitrogen and oxygen atoms in total. The number of carbonyl (C=O) groups excluding carboxylic acids is 3. The summed E-state index contributed by atoms with van der Waals surface area (Å²) in [6, 6.07) is 0. The van der Waals surface area contributed by atoms with Gasteiger partial charge in [-0.15, -0.1) is 0 Å². The van der Waals surface area contributed by atoms with E-state index < -0.39 is 17.7 Å². The van der Waals surface area contributed by atoms with Crippen LogP contribution in [0.15, 0.2) is 11.6 Å². The number of nitrogens with one attached hydrogen (secondary N) is 2. The molecule has 0 aromatic carbocycles. The predicted octanol–water partition coefficient (Wildman–Crippen LogP) is -1.36. The Morgan fingerprint density at radius 1 is 1.35 bits per heavy atom. The van der Waals surface area contributed by atoms with E-state index in [1.54, 1.807) is 11.8 Å². The SMILES string of the molecule is CC(C(=O)N1CCNCC1)C1=CC(=O)NC1=O. The van der Waals surface area contributed by atoms with Gasteiger partial charge in [-0.1, -0.05) is 0 Å². The molecule has 2 rings (SSSR count). The highest BCUT2D eigenvalue weighted by Crippen LogP contribution is 2.17. The Balaban J connectivity index is 2.06. The molecule has 17 heavy (non-hydrogen) atoms. The zero-order chi connectivity index (χ0) is 12.4. The lowest BCUT2D eigenvalue weighted by atomic mass is 9.99. The first-order valence-electron chi connectivity index (χ1n) is 5.66. The maximum absolute atomic E-state index is 12.1. The van der Waals surface area contributed by atoms with Gasteiger partial charge in [0, 0.05) is 37.8 Å². The Labute approximate surface area is 99.0 Å². The van der Waals surface area contributed by atoms with Crippen molar-refractivity contribution in [3.8, 4) is 0 Å². The standard InChI is InChI=1S/C11H15N3O3/c1-7(8-6-9(15)13-10(8)16)11(17)14-4-2-12-3-5-14/h6-7,12H,2-5H2,1H3,(H,13,15,16). The minimum Gasteiger partial charge on any atom is -0.340 e. The molecule has 6 heteroatoms. The molecule has 3 amide bonds. The molecule has 0 spiro atoms. The van der Waals surface area contributed by atoms with Crippen LogP contribution in [0.25, 0.3) is 0 Å². The Morgan fingerprint density at radius 3 is 2.53 bits per heavy atom. The molecular formula is C11H15N3O3. The zero-order valence-electron chi connectivity index (χ0n) is 9.66. The molecule has 0 saturated carbocycles. The molecule has 0 bridgehead atoms. The van der Waals surface area contributed by atoms with Crippen molar-refractivity contribution in [2.45, 2.75) is 6.92 Å². The van der Waals surface area contributed by atoms with Crippen LogP contribution in [0.4, 0.5) is 0 Å². The van der Waals surface area contributed by atoms with Crippen molar-refractivity contribution in [3.63, 3.8) is 0 Å². The van der Waals surface area contributed by atoms with Gasteiger partial charge in [-0.3, -0.25) is 19.7 Å². The quantitative estimate of drug-likeness (QED) is 0.581. The maximum atomic E-state index is 12.1. The normalized spacial score (nSPS) is 22.2. The van der Waals surface area contributed by atoms with Crippen LogP contribution in [0, 0.1) is 5.92 Å². The van der Waals surface area contributed by atoms with Crippen molar-refractivity contribution in [2.24, 2.45) is 5.92 Å². The largest absolute Gasteiger partial charge is 0.340 e. The summed E-state index contributed by atoms with van der Waals surface area (Å²) in [6.07, 6.45) is 1.22. The van der Waals surface area contributed by atoms with Gasteiger partial charge in [-0.05, 0) is 6.92 Å². The molecule has 0 radical (unpaired) electrons. The lowest BCUT2D eigenvalue weighted by molar-refractivity contribution is -0.135. The molecule has 0 aromatic rings. The summed E-state index contributed by atoms with van der Waals surface area (Å²) >= 11 is 0. The van der Waals surface area contributed by atoms with Crippen LogP contribution in [0.1, 0.15) is 6.92 Å². The average molecular weight is 237 g/mol. The van der Waals surface area contributed by atoms with Crippen LogP contribution in [0.5, 0.6) is 0 Å². The molecule has 1 fully saturated rings. The predicted molar refractivity (Wildman–Crippen MR) is 59.8 cm³/mol. The third kappa shape index (κ3) is 2.36. The molecule has 0 aliphatic carbocycles. The highest BCUT2D eigenvalue weighted by atomic mass is 16.2. The fourth-order valence-electron chi connectivity index (χ4n) is 2.04. The van der Waals surface area contributed by atoms with E-state index in [0.29, 0.717) is 13.1 Å². The highest BCUT2D eigenvalue weighted by molar-refractivity contribution is 6.18. The van der Waals surface area contributed by atoms with Crippen molar-refractivity contribution < 1.29 is 14.4 Å². The average Bonchev–Trinajstić information content (AvgIpc) is 2.68. The second-order valence-corrected chi connectivity index (χ2v) is 4.22. The summed E-state index contributed by atoms with van der Waals surface area (Å²) in [7, 11) is 0. The van der Waals surface area contributed by atoms with Gasteiger partial charge in [0.25, 0.3) is 11.8 Å². The molecule has 1 saturated heterocycles. The number of nitrogens with zero attached hydrogens (tertiary/aromatic N) is 1. The summed E-state index contributed by atoms with van der Waals surface area (Å²) < 4.78 is 0. The van der Waals surface area contributed by atoms with Crippen molar-refractivity contribution in [1.82, 2.24) is 15.5 Å². The molecule has 1 atom stereocenters. The fourth-order valence-corrected chi connectivity index (χ4v) is 2.04. The zero-order valence-corrected chi connectivity index (χ0v) is 9.66. The van der Waals surface area contributed by atoms with Gasteiger partial charge in [0.15, 0.2) is 0 Å². The van der Waals surface area contributed by atoms with Gasteiger partial charge in [-0.2, -0.15) is 0 Å². The molecule has 2 aliphatic rings. The Morgan fingerprint density at radius 2 is 2.00 bits per heavy atom. The van der Waals surface area contributed by atoms with E-state index in [4.69, 9.17) is 0 Å². The number of hydrogen-bond acceptors (Lipinski definition) is 4.